The summed E-state index contributed by atoms with van der Waals surface area (Å²) < 4.78 is 7.86. The maximum atomic E-state index is 13.7. The predicted octanol–water partition coefficient (Wildman–Crippen LogP) is 5.08. The number of para-hydroxylation sites is 1. The molecule has 3 aromatic carbocycles. The first kappa shape index (κ1) is 29.1. The van der Waals surface area contributed by atoms with Crippen LogP contribution in [-0.4, -0.2) is 26.1 Å². The predicted molar refractivity (Wildman–Crippen MR) is 155 cm³/mol. The van der Waals surface area contributed by atoms with E-state index in [1.807, 2.05) is 13.8 Å². The molecule has 1 aromatic heterocycles. The number of aryl methyl sites for hydroxylation is 1. The van der Waals surface area contributed by atoms with Crippen molar-refractivity contribution in [2.75, 3.05) is 5.32 Å². The highest BCUT2D eigenvalue weighted by Gasteiger charge is 2.23. The first-order chi connectivity index (χ1) is 19.0. The molecule has 1 heterocycles. The fourth-order valence-electron chi connectivity index (χ4n) is 4.20. The van der Waals surface area contributed by atoms with Crippen LogP contribution in [0.1, 0.15) is 42.6 Å². The molecule has 40 heavy (non-hydrogen) atoms. The number of hydrogen-bond donors (Lipinski definition) is 2. The Kier molecular flexibility index (Phi) is 8.78. The molecule has 0 bridgehead atoms. The van der Waals surface area contributed by atoms with Crippen LogP contribution in [0.25, 0.3) is 16.6 Å². The summed E-state index contributed by atoms with van der Waals surface area (Å²) in [6.07, 6.45) is 0.611. The highest BCUT2D eigenvalue weighted by molar-refractivity contribution is 6.40. The Bertz CT molecular complexity index is 1720. The van der Waals surface area contributed by atoms with Crippen molar-refractivity contribution in [3.63, 3.8) is 0 Å². The number of nitrogens with one attached hydrogen (secondary N) is 1. The van der Waals surface area contributed by atoms with Crippen LogP contribution >= 0.6 is 23.2 Å². The highest BCUT2D eigenvalue weighted by Crippen LogP contribution is 2.34. The van der Waals surface area contributed by atoms with E-state index < -0.39 is 23.1 Å². The van der Waals surface area contributed by atoms with Crippen LogP contribution in [0.4, 0.5) is 5.69 Å². The van der Waals surface area contributed by atoms with Gasteiger partial charge in [0, 0.05) is 13.5 Å². The molecule has 0 aliphatic rings. The van der Waals surface area contributed by atoms with Crippen molar-refractivity contribution < 1.29 is 19.4 Å². The number of carbonyl (C=O) groups is 2. The van der Waals surface area contributed by atoms with Gasteiger partial charge in [0.15, 0.2) is 5.75 Å². The van der Waals surface area contributed by atoms with E-state index >= 15 is 0 Å². The molecule has 0 radical (unpaired) electrons. The summed E-state index contributed by atoms with van der Waals surface area (Å²) in [7, 11) is 1.50. The second-order valence-corrected chi connectivity index (χ2v) is 10.4. The number of hydrogen-bond acceptors (Lipinski definition) is 6. The van der Waals surface area contributed by atoms with Crippen LogP contribution in [0, 0.1) is 5.92 Å². The molecule has 4 aromatic rings. The Morgan fingerprint density at radius 3 is 2.35 bits per heavy atom. The number of ether oxygens (including phenoxy) is 1. The Hall–Kier alpha value is -3.92. The zero-order valence-corrected chi connectivity index (χ0v) is 23.5. The molecule has 0 fully saturated rings. The number of aromatic nitrogens is 2. The van der Waals surface area contributed by atoms with Crippen molar-refractivity contribution in [1.29, 1.82) is 0 Å². The smallest absolute Gasteiger partial charge is 0.335 e. The summed E-state index contributed by atoms with van der Waals surface area (Å²) in [6.45, 7) is 3.61. The molecule has 0 atom stereocenters. The number of rotatable bonds is 8. The summed E-state index contributed by atoms with van der Waals surface area (Å²) in [4.78, 5) is 53.2. The Labute approximate surface area is 239 Å². The minimum atomic E-state index is -0.702. The zero-order valence-electron chi connectivity index (χ0n) is 22.0. The summed E-state index contributed by atoms with van der Waals surface area (Å²) >= 11 is 12.4. The number of esters is 1. The molecule has 4 rings (SSSR count). The van der Waals surface area contributed by atoms with Crippen LogP contribution in [0.2, 0.25) is 10.0 Å². The quantitative estimate of drug-likeness (QED) is 0.220. The summed E-state index contributed by atoms with van der Waals surface area (Å²) in [6, 6.07) is 13.7. The van der Waals surface area contributed by atoms with E-state index in [4.69, 9.17) is 27.9 Å². The summed E-state index contributed by atoms with van der Waals surface area (Å²) in [5, 5.41) is 12.6. The first-order valence-electron chi connectivity index (χ1n) is 12.5. The van der Waals surface area contributed by atoms with Gasteiger partial charge in [-0.05, 0) is 54.3 Å². The van der Waals surface area contributed by atoms with Crippen molar-refractivity contribution in [2.45, 2.75) is 33.3 Å². The SMILES string of the molecule is CC(C)CCC(=O)Oc1c(NC(=O)c2c(Cl)cccc2Cl)cccc1-n1c(=O)c2cc(CO)ccc2n(C)c1=O. The zero-order chi connectivity index (χ0) is 29.1. The number of aliphatic hydroxyl groups excluding tert-OH is 1. The minimum Gasteiger partial charge on any atom is -0.422 e. The summed E-state index contributed by atoms with van der Waals surface area (Å²) in [5.74, 6) is -1.26. The van der Waals surface area contributed by atoms with Gasteiger partial charge in [-0.25, -0.2) is 9.36 Å². The fraction of sp³-hybridized carbons (Fsp3) is 0.241. The lowest BCUT2D eigenvalue weighted by Crippen LogP contribution is -2.38. The molecular formula is C29H27Cl2N3O6. The van der Waals surface area contributed by atoms with Gasteiger partial charge in [-0.3, -0.25) is 19.0 Å². The van der Waals surface area contributed by atoms with E-state index in [1.54, 1.807) is 18.2 Å². The maximum Gasteiger partial charge on any atom is 0.335 e. The van der Waals surface area contributed by atoms with E-state index in [9.17, 15) is 24.3 Å². The molecule has 11 heteroatoms. The average Bonchev–Trinajstić information content (AvgIpc) is 2.91. The normalized spacial score (nSPS) is 11.2. The van der Waals surface area contributed by atoms with Crippen LogP contribution in [0.5, 0.6) is 5.75 Å². The van der Waals surface area contributed by atoms with Gasteiger partial charge in [-0.15, -0.1) is 0 Å². The number of amides is 1. The third-order valence-electron chi connectivity index (χ3n) is 6.33. The largest absolute Gasteiger partial charge is 0.422 e. The van der Waals surface area contributed by atoms with Gasteiger partial charge in [0.1, 0.15) is 0 Å². The van der Waals surface area contributed by atoms with Crippen molar-refractivity contribution in [2.24, 2.45) is 13.0 Å². The number of fused-ring (bicyclic) bond motifs is 1. The third kappa shape index (κ3) is 5.82. The number of carbonyl (C=O) groups excluding carboxylic acids is 2. The van der Waals surface area contributed by atoms with E-state index in [1.165, 1.54) is 48.0 Å². The molecule has 0 aliphatic heterocycles. The van der Waals surface area contributed by atoms with Crippen LogP contribution in [0.15, 0.2) is 64.2 Å². The number of benzene rings is 3. The molecule has 9 nitrogen and oxygen atoms in total. The van der Waals surface area contributed by atoms with Crippen LogP contribution in [0.3, 0.4) is 0 Å². The maximum absolute atomic E-state index is 13.7. The molecule has 2 N–H and O–H groups in total. The van der Waals surface area contributed by atoms with E-state index in [0.29, 0.717) is 17.5 Å². The van der Waals surface area contributed by atoms with Crippen LogP contribution < -0.4 is 21.3 Å². The second-order valence-electron chi connectivity index (χ2n) is 9.60. The molecule has 0 aliphatic carbocycles. The van der Waals surface area contributed by atoms with Crippen molar-refractivity contribution in [1.82, 2.24) is 9.13 Å². The average molecular weight is 584 g/mol. The van der Waals surface area contributed by atoms with E-state index in [2.05, 4.69) is 5.32 Å². The Morgan fingerprint density at radius 1 is 1.02 bits per heavy atom. The molecule has 1 amide bonds. The van der Waals surface area contributed by atoms with Gasteiger partial charge in [0.2, 0.25) is 0 Å². The van der Waals surface area contributed by atoms with E-state index in [0.717, 1.165) is 4.57 Å². The minimum absolute atomic E-state index is 0.00337. The van der Waals surface area contributed by atoms with E-state index in [-0.39, 0.29) is 57.1 Å². The number of nitrogens with zero attached hydrogens (tertiary/aromatic N) is 2. The van der Waals surface area contributed by atoms with Gasteiger partial charge in [-0.1, -0.05) is 55.2 Å². The standard InChI is InChI=1S/C29H27Cl2N3O6/c1-16(2)10-13-24(36)40-26-21(32-27(37)25-19(30)6-4-7-20(25)31)8-5-9-23(26)34-28(38)18-14-17(15-35)11-12-22(18)33(3)29(34)39/h4-9,11-12,14,16,35H,10,13,15H2,1-3H3,(H,32,37). The number of halogens is 2. The van der Waals surface area contributed by atoms with Crippen molar-refractivity contribution >= 4 is 51.7 Å². The molecule has 208 valence electrons. The van der Waals surface area contributed by atoms with Crippen molar-refractivity contribution in [3.05, 3.63) is 96.6 Å². The fourth-order valence-corrected chi connectivity index (χ4v) is 4.76. The lowest BCUT2D eigenvalue weighted by Gasteiger charge is -2.18. The molecule has 0 unspecified atom stereocenters. The topological polar surface area (TPSA) is 120 Å². The van der Waals surface area contributed by atoms with Crippen LogP contribution in [-0.2, 0) is 18.4 Å². The number of aliphatic hydroxyl groups is 1. The lowest BCUT2D eigenvalue weighted by molar-refractivity contribution is -0.134. The van der Waals surface area contributed by atoms with Crippen molar-refractivity contribution in [3.8, 4) is 11.4 Å². The van der Waals surface area contributed by atoms with Gasteiger partial charge >= 0.3 is 11.7 Å². The molecule has 0 spiro atoms. The van der Waals surface area contributed by atoms with Gasteiger partial charge in [0.05, 0.1) is 44.5 Å². The monoisotopic (exact) mass is 583 g/mol. The van der Waals surface area contributed by atoms with Gasteiger partial charge in [-0.2, -0.15) is 0 Å². The number of anilines is 1. The second kappa shape index (κ2) is 12.1. The lowest BCUT2D eigenvalue weighted by atomic mass is 10.1. The summed E-state index contributed by atoms with van der Waals surface area (Å²) in [5.41, 5.74) is -0.581. The molecule has 0 saturated carbocycles. The highest BCUT2D eigenvalue weighted by atomic mass is 35.5. The molecular weight excluding hydrogens is 557 g/mol. The van der Waals surface area contributed by atoms with Gasteiger partial charge < -0.3 is 15.2 Å². The third-order valence-corrected chi connectivity index (χ3v) is 6.96. The first-order valence-corrected chi connectivity index (χ1v) is 13.2. The Morgan fingerprint density at radius 2 is 1.70 bits per heavy atom. The Balaban J connectivity index is 1.93. The van der Waals surface area contributed by atoms with Gasteiger partial charge in [0.25, 0.3) is 11.5 Å². The molecule has 0 saturated heterocycles.